The Balaban J connectivity index is 1.38. The summed E-state index contributed by atoms with van der Waals surface area (Å²) >= 11 is 6.26. The van der Waals surface area contributed by atoms with E-state index in [0.29, 0.717) is 16.4 Å². The number of fused-ring (bicyclic) bond motifs is 2. The first-order chi connectivity index (χ1) is 18.2. The highest BCUT2D eigenvalue weighted by Gasteiger charge is 2.24. The molecule has 1 aliphatic heterocycles. The van der Waals surface area contributed by atoms with Crippen molar-refractivity contribution in [3.63, 3.8) is 0 Å². The van der Waals surface area contributed by atoms with E-state index in [1.807, 2.05) is 42.7 Å². The average molecular weight is 544 g/mol. The number of allylic oxidation sites excluding steroid dienone is 1. The smallest absolute Gasteiger partial charge is 0.229 e. The van der Waals surface area contributed by atoms with Crippen molar-refractivity contribution in [2.45, 2.75) is 12.8 Å². The Labute approximate surface area is 224 Å². The number of nitrogens with zero attached hydrogens (tertiary/aromatic N) is 4. The minimum absolute atomic E-state index is 0.0793. The maximum Gasteiger partial charge on any atom is 0.229 e. The number of aromatic amines is 1. The van der Waals surface area contributed by atoms with Crippen LogP contribution in [-0.2, 0) is 10.0 Å². The predicted octanol–water partition coefficient (Wildman–Crippen LogP) is 5.68. The Morgan fingerprint density at radius 3 is 2.61 bits per heavy atom. The lowest BCUT2D eigenvalue weighted by atomic mass is 9.88. The van der Waals surface area contributed by atoms with E-state index in [4.69, 9.17) is 11.6 Å². The molecule has 0 saturated heterocycles. The molecular weight excluding hydrogens is 522 g/mol. The van der Waals surface area contributed by atoms with Gasteiger partial charge in [-0.1, -0.05) is 36.7 Å². The number of rotatable bonds is 5. The molecule has 11 heteroatoms. The van der Waals surface area contributed by atoms with E-state index in [1.165, 1.54) is 6.20 Å². The zero-order valence-corrected chi connectivity index (χ0v) is 22.0. The molecule has 0 fully saturated rings. The molecule has 5 aromatic rings. The molecule has 0 aliphatic carbocycles. The highest BCUT2D eigenvalue weighted by molar-refractivity contribution is 7.92. The molecule has 0 saturated carbocycles. The number of nitrogens with one attached hydrogen (secondary N) is 3. The maximum atomic E-state index is 11.7. The van der Waals surface area contributed by atoms with Crippen LogP contribution < -0.4 is 10.0 Å². The lowest BCUT2D eigenvalue weighted by Gasteiger charge is -2.25. The van der Waals surface area contributed by atoms with Gasteiger partial charge in [0.2, 0.25) is 10.0 Å². The summed E-state index contributed by atoms with van der Waals surface area (Å²) in [6.07, 6.45) is 11.7. The van der Waals surface area contributed by atoms with Gasteiger partial charge in [0.25, 0.3) is 0 Å². The monoisotopic (exact) mass is 543 g/mol. The first kappa shape index (κ1) is 24.1. The Kier molecular flexibility index (Phi) is 5.85. The Morgan fingerprint density at radius 2 is 1.79 bits per heavy atom. The summed E-state index contributed by atoms with van der Waals surface area (Å²) in [5, 5.41) is 12.5. The van der Waals surface area contributed by atoms with Gasteiger partial charge in [0.1, 0.15) is 0 Å². The van der Waals surface area contributed by atoms with E-state index in [9.17, 15) is 8.42 Å². The Bertz CT molecular complexity index is 1850. The van der Waals surface area contributed by atoms with E-state index >= 15 is 0 Å². The zero-order valence-electron chi connectivity index (χ0n) is 20.4. The summed E-state index contributed by atoms with van der Waals surface area (Å²) in [5.74, 6) is 0.0793. The molecule has 190 valence electrons. The van der Waals surface area contributed by atoms with Crippen LogP contribution in [0.5, 0.6) is 0 Å². The number of hydrogen-bond donors (Lipinski definition) is 3. The second-order valence-corrected chi connectivity index (χ2v) is 11.4. The van der Waals surface area contributed by atoms with Gasteiger partial charge in [-0.2, -0.15) is 5.10 Å². The summed E-state index contributed by atoms with van der Waals surface area (Å²) < 4.78 is 25.8. The molecule has 6 rings (SSSR count). The summed E-state index contributed by atoms with van der Waals surface area (Å²) in [4.78, 5) is 13.2. The number of hydrogen-bond acceptors (Lipinski definition) is 7. The fourth-order valence-electron chi connectivity index (χ4n) is 4.74. The number of pyridine rings is 3. The maximum absolute atomic E-state index is 11.7. The third-order valence-corrected chi connectivity index (χ3v) is 7.16. The molecule has 1 aromatic carbocycles. The zero-order chi connectivity index (χ0) is 26.4. The van der Waals surface area contributed by atoms with Gasteiger partial charge in [-0.25, -0.2) is 13.4 Å². The normalized spacial score (nSPS) is 15.0. The highest BCUT2D eigenvalue weighted by Crippen LogP contribution is 2.41. The van der Waals surface area contributed by atoms with Crippen LogP contribution in [0.2, 0.25) is 5.02 Å². The molecular formula is C27H22ClN7O2S. The van der Waals surface area contributed by atoms with Crippen LogP contribution in [-0.4, -0.2) is 39.8 Å². The molecule has 3 N–H and O–H groups in total. The topological polar surface area (TPSA) is 126 Å². The second-order valence-electron chi connectivity index (χ2n) is 9.18. The molecule has 0 bridgehead atoms. The molecule has 1 aliphatic rings. The summed E-state index contributed by atoms with van der Waals surface area (Å²) in [7, 11) is -3.42. The number of aromatic nitrogens is 5. The molecule has 4 aromatic heterocycles. The molecule has 0 amide bonds. The standard InChI is InChI=1S/C27H22ClN7O2S/c1-15-6-23(32-24-14-30-13-22(25(15)24)16-4-3-5-19(28)7-16)26-21-9-18(11-31-27(21)34-33-26)17-8-20(12-29-10-17)35-38(2,36)37/h3-15,32,35H,1-2H3,(H,31,33,34)/t15-/m1/s1. The minimum atomic E-state index is -3.42. The first-order valence-electron chi connectivity index (χ1n) is 11.8. The van der Waals surface area contributed by atoms with Crippen LogP contribution in [0.4, 0.5) is 11.4 Å². The van der Waals surface area contributed by atoms with Crippen LogP contribution in [0.15, 0.2) is 73.5 Å². The largest absolute Gasteiger partial charge is 0.352 e. The fraction of sp³-hybridized carbons (Fsp3) is 0.111. The quantitative estimate of drug-likeness (QED) is 0.260. The molecule has 0 unspecified atom stereocenters. The van der Waals surface area contributed by atoms with E-state index in [2.05, 4.69) is 48.2 Å². The van der Waals surface area contributed by atoms with Crippen LogP contribution in [0, 0.1) is 0 Å². The number of halogens is 1. The van der Waals surface area contributed by atoms with Crippen molar-refractivity contribution in [1.82, 2.24) is 25.1 Å². The SMILES string of the molecule is C[C@@H]1C=C(c2[nH]nc3ncc(-c4cncc(NS(C)(=O)=O)c4)cc23)Nc2cncc(-c3cccc(Cl)c3)c21. The van der Waals surface area contributed by atoms with E-state index in [1.54, 1.807) is 18.5 Å². The van der Waals surface area contributed by atoms with Crippen molar-refractivity contribution in [2.24, 2.45) is 0 Å². The first-order valence-corrected chi connectivity index (χ1v) is 14.0. The van der Waals surface area contributed by atoms with Crippen molar-refractivity contribution >= 4 is 49.7 Å². The van der Waals surface area contributed by atoms with Gasteiger partial charge in [-0.05, 0) is 35.4 Å². The van der Waals surface area contributed by atoms with Crippen LogP contribution in [0.25, 0.3) is 39.0 Å². The number of H-pyrrole nitrogens is 1. The second kappa shape index (κ2) is 9.23. The van der Waals surface area contributed by atoms with Gasteiger partial charge in [0, 0.05) is 51.6 Å². The van der Waals surface area contributed by atoms with E-state index < -0.39 is 10.0 Å². The van der Waals surface area contributed by atoms with Crippen molar-refractivity contribution < 1.29 is 8.42 Å². The van der Waals surface area contributed by atoms with Gasteiger partial charge < -0.3 is 5.32 Å². The number of sulfonamides is 1. The van der Waals surface area contributed by atoms with Gasteiger partial charge in [-0.15, -0.1) is 0 Å². The summed E-state index contributed by atoms with van der Waals surface area (Å²) in [5.41, 5.74) is 8.16. The predicted molar refractivity (Wildman–Crippen MR) is 150 cm³/mol. The van der Waals surface area contributed by atoms with Crippen molar-refractivity contribution in [2.75, 3.05) is 16.3 Å². The van der Waals surface area contributed by atoms with E-state index in [-0.39, 0.29) is 5.92 Å². The fourth-order valence-corrected chi connectivity index (χ4v) is 5.47. The lowest BCUT2D eigenvalue weighted by Crippen LogP contribution is -2.12. The van der Waals surface area contributed by atoms with Gasteiger partial charge in [0.05, 0.1) is 41.4 Å². The summed E-state index contributed by atoms with van der Waals surface area (Å²) in [6.45, 7) is 2.14. The number of anilines is 2. The molecule has 0 radical (unpaired) electrons. The molecule has 0 spiro atoms. The third-order valence-electron chi connectivity index (χ3n) is 6.32. The Morgan fingerprint density at radius 1 is 0.974 bits per heavy atom. The lowest BCUT2D eigenvalue weighted by molar-refractivity contribution is 0.607. The van der Waals surface area contributed by atoms with Crippen LogP contribution in [0.1, 0.15) is 24.1 Å². The minimum Gasteiger partial charge on any atom is -0.352 e. The van der Waals surface area contributed by atoms with Crippen molar-refractivity contribution in [3.8, 4) is 22.3 Å². The van der Waals surface area contributed by atoms with Crippen LogP contribution in [0.3, 0.4) is 0 Å². The van der Waals surface area contributed by atoms with Gasteiger partial charge in [0.15, 0.2) is 5.65 Å². The third kappa shape index (κ3) is 4.59. The van der Waals surface area contributed by atoms with Crippen molar-refractivity contribution in [1.29, 1.82) is 0 Å². The highest BCUT2D eigenvalue weighted by atomic mass is 35.5. The number of benzene rings is 1. The molecule has 9 nitrogen and oxygen atoms in total. The van der Waals surface area contributed by atoms with Gasteiger partial charge in [-0.3, -0.25) is 19.8 Å². The Hall–Kier alpha value is -4.28. The van der Waals surface area contributed by atoms with Gasteiger partial charge >= 0.3 is 0 Å². The van der Waals surface area contributed by atoms with Crippen LogP contribution >= 0.6 is 11.6 Å². The van der Waals surface area contributed by atoms with Crippen molar-refractivity contribution in [3.05, 3.63) is 89.7 Å². The average Bonchev–Trinajstić information content (AvgIpc) is 3.31. The molecule has 38 heavy (non-hydrogen) atoms. The molecule has 5 heterocycles. The summed E-state index contributed by atoms with van der Waals surface area (Å²) in [6, 6.07) is 11.4. The molecule has 1 atom stereocenters. The van der Waals surface area contributed by atoms with E-state index in [0.717, 1.165) is 56.5 Å².